The SMILES string of the molecule is CCCc1c(-c2ccn[nH]2)[nH]c2ccc(C(=O)N3CCC(N4CCc5ccccc5C4)CC3)cc12. The first kappa shape index (κ1) is 22.1. The molecule has 35 heavy (non-hydrogen) atoms. The second-order valence-electron chi connectivity index (χ2n) is 9.97. The third kappa shape index (κ3) is 4.16. The van der Waals surface area contributed by atoms with Crippen molar-refractivity contribution in [1.29, 1.82) is 0 Å². The largest absolute Gasteiger partial charge is 0.353 e. The Balaban J connectivity index is 1.17. The first-order valence-electron chi connectivity index (χ1n) is 13.0. The summed E-state index contributed by atoms with van der Waals surface area (Å²) in [6.45, 7) is 6.01. The number of carbonyl (C=O) groups is 1. The second-order valence-corrected chi connectivity index (χ2v) is 9.97. The van der Waals surface area contributed by atoms with Gasteiger partial charge < -0.3 is 9.88 Å². The van der Waals surface area contributed by atoms with Crippen LogP contribution in [0.4, 0.5) is 0 Å². The Morgan fingerprint density at radius 3 is 2.66 bits per heavy atom. The first-order valence-corrected chi connectivity index (χ1v) is 13.0. The van der Waals surface area contributed by atoms with E-state index in [9.17, 15) is 4.79 Å². The minimum absolute atomic E-state index is 0.154. The number of nitrogens with one attached hydrogen (secondary N) is 2. The monoisotopic (exact) mass is 467 g/mol. The molecular formula is C29H33N5O. The van der Waals surface area contributed by atoms with Gasteiger partial charge in [0.15, 0.2) is 0 Å². The maximum atomic E-state index is 13.5. The molecule has 1 saturated heterocycles. The van der Waals surface area contributed by atoms with E-state index in [2.05, 4.69) is 68.3 Å². The van der Waals surface area contributed by atoms with Crippen LogP contribution in [0.2, 0.25) is 0 Å². The molecule has 0 aliphatic carbocycles. The Hall–Kier alpha value is -3.38. The van der Waals surface area contributed by atoms with Crippen LogP contribution in [0.1, 0.15) is 53.2 Å². The standard InChI is InChI=1S/C29H33N5O/c1-2-5-24-25-18-21(8-9-26(25)31-28(24)27-10-14-30-32-27)29(35)33-16-12-23(13-17-33)34-15-11-20-6-3-4-7-22(20)19-34/h3-4,6-10,14,18,23,31H,2,5,11-13,15-17,19H2,1H3,(H,30,32). The summed E-state index contributed by atoms with van der Waals surface area (Å²) in [4.78, 5) is 21.7. The number of fused-ring (bicyclic) bond motifs is 2. The number of hydrogen-bond acceptors (Lipinski definition) is 3. The summed E-state index contributed by atoms with van der Waals surface area (Å²) in [5.74, 6) is 0.154. The number of H-pyrrole nitrogens is 2. The lowest BCUT2D eigenvalue weighted by atomic mass is 9.95. The van der Waals surface area contributed by atoms with Gasteiger partial charge in [-0.1, -0.05) is 37.6 Å². The Labute approximate surface area is 206 Å². The van der Waals surface area contributed by atoms with Crippen LogP contribution < -0.4 is 0 Å². The Morgan fingerprint density at radius 2 is 1.89 bits per heavy atom. The highest BCUT2D eigenvalue weighted by Gasteiger charge is 2.29. The number of aromatic amines is 2. The van der Waals surface area contributed by atoms with Gasteiger partial charge >= 0.3 is 0 Å². The zero-order valence-corrected chi connectivity index (χ0v) is 20.4. The minimum atomic E-state index is 0.154. The van der Waals surface area contributed by atoms with E-state index in [0.717, 1.165) is 86.1 Å². The minimum Gasteiger partial charge on any atom is -0.353 e. The fourth-order valence-electron chi connectivity index (χ4n) is 5.96. The van der Waals surface area contributed by atoms with Crippen molar-refractivity contribution in [2.24, 2.45) is 0 Å². The molecule has 1 amide bonds. The van der Waals surface area contributed by atoms with Crippen LogP contribution in [0.3, 0.4) is 0 Å². The molecule has 0 atom stereocenters. The normalized spacial score (nSPS) is 17.1. The van der Waals surface area contributed by atoms with Crippen molar-refractivity contribution in [3.8, 4) is 11.4 Å². The van der Waals surface area contributed by atoms with Crippen molar-refractivity contribution in [3.05, 3.63) is 77.0 Å². The van der Waals surface area contributed by atoms with Gasteiger partial charge in [-0.2, -0.15) is 5.10 Å². The fourth-order valence-corrected chi connectivity index (χ4v) is 5.96. The highest BCUT2D eigenvalue weighted by Crippen LogP contribution is 2.32. The highest BCUT2D eigenvalue weighted by atomic mass is 16.2. The number of nitrogens with zero attached hydrogens (tertiary/aromatic N) is 3. The van der Waals surface area contributed by atoms with Gasteiger partial charge in [0, 0.05) is 54.9 Å². The van der Waals surface area contributed by atoms with Gasteiger partial charge in [-0.15, -0.1) is 0 Å². The number of benzene rings is 2. The smallest absolute Gasteiger partial charge is 0.253 e. The molecule has 0 spiro atoms. The fraction of sp³-hybridized carbons (Fsp3) is 0.379. The van der Waals surface area contributed by atoms with Crippen molar-refractivity contribution < 1.29 is 4.79 Å². The summed E-state index contributed by atoms with van der Waals surface area (Å²) in [6.07, 6.45) is 7.00. The van der Waals surface area contributed by atoms with Crippen LogP contribution in [0, 0.1) is 0 Å². The van der Waals surface area contributed by atoms with Gasteiger partial charge in [-0.25, -0.2) is 0 Å². The summed E-state index contributed by atoms with van der Waals surface area (Å²) < 4.78 is 0. The Bertz CT molecular complexity index is 1330. The van der Waals surface area contributed by atoms with Crippen molar-refractivity contribution in [2.75, 3.05) is 19.6 Å². The Kier molecular flexibility index (Phi) is 5.90. The molecule has 0 bridgehead atoms. The molecule has 0 radical (unpaired) electrons. The molecule has 4 aromatic rings. The Morgan fingerprint density at radius 1 is 1.06 bits per heavy atom. The number of rotatable bonds is 5. The summed E-state index contributed by atoms with van der Waals surface area (Å²) in [6, 6.07) is 17.5. The first-order chi connectivity index (χ1) is 17.2. The third-order valence-electron chi connectivity index (χ3n) is 7.85. The zero-order chi connectivity index (χ0) is 23.8. The zero-order valence-electron chi connectivity index (χ0n) is 20.4. The van der Waals surface area contributed by atoms with Crippen LogP contribution in [-0.4, -0.2) is 56.6 Å². The third-order valence-corrected chi connectivity index (χ3v) is 7.85. The molecule has 0 unspecified atom stereocenters. The summed E-state index contributed by atoms with van der Waals surface area (Å²) in [5, 5.41) is 8.34. The van der Waals surface area contributed by atoms with E-state index in [1.165, 1.54) is 16.7 Å². The second kappa shape index (κ2) is 9.34. The molecule has 180 valence electrons. The molecule has 6 nitrogen and oxygen atoms in total. The van der Waals surface area contributed by atoms with Crippen molar-refractivity contribution in [3.63, 3.8) is 0 Å². The van der Waals surface area contributed by atoms with Gasteiger partial charge in [0.05, 0.1) is 11.4 Å². The lowest BCUT2D eigenvalue weighted by molar-refractivity contribution is 0.0599. The summed E-state index contributed by atoms with van der Waals surface area (Å²) >= 11 is 0. The van der Waals surface area contributed by atoms with Crippen LogP contribution in [0.5, 0.6) is 0 Å². The average Bonchev–Trinajstić information content (AvgIpc) is 3.56. The predicted octanol–water partition coefficient (Wildman–Crippen LogP) is 5.17. The van der Waals surface area contributed by atoms with Crippen LogP contribution >= 0.6 is 0 Å². The predicted molar refractivity (Wildman–Crippen MR) is 139 cm³/mol. The maximum Gasteiger partial charge on any atom is 0.253 e. The topological polar surface area (TPSA) is 68.0 Å². The molecule has 2 aliphatic rings. The van der Waals surface area contributed by atoms with Gasteiger partial charge in [-0.05, 0) is 66.6 Å². The summed E-state index contributed by atoms with van der Waals surface area (Å²) in [5.41, 5.74) is 8.14. The number of aromatic nitrogens is 3. The van der Waals surface area contributed by atoms with E-state index in [0.29, 0.717) is 6.04 Å². The molecule has 2 aliphatic heterocycles. The van der Waals surface area contributed by atoms with E-state index < -0.39 is 0 Å². The van der Waals surface area contributed by atoms with Crippen LogP contribution in [0.15, 0.2) is 54.7 Å². The number of aryl methyl sites for hydroxylation is 1. The number of carbonyl (C=O) groups excluding carboxylic acids is 1. The number of hydrogen-bond donors (Lipinski definition) is 2. The average molecular weight is 468 g/mol. The molecule has 4 heterocycles. The van der Waals surface area contributed by atoms with Crippen LogP contribution in [-0.2, 0) is 19.4 Å². The van der Waals surface area contributed by atoms with E-state index in [1.54, 1.807) is 6.20 Å². The molecule has 0 saturated carbocycles. The van der Waals surface area contributed by atoms with Crippen LogP contribution in [0.25, 0.3) is 22.3 Å². The quantitative estimate of drug-likeness (QED) is 0.425. The maximum absolute atomic E-state index is 13.5. The molecule has 2 aromatic heterocycles. The van der Waals surface area contributed by atoms with E-state index >= 15 is 0 Å². The molecule has 2 N–H and O–H groups in total. The molecule has 6 heteroatoms. The van der Waals surface area contributed by atoms with E-state index in [4.69, 9.17) is 0 Å². The lowest BCUT2D eigenvalue weighted by Gasteiger charge is -2.40. The summed E-state index contributed by atoms with van der Waals surface area (Å²) in [7, 11) is 0. The van der Waals surface area contributed by atoms with Crippen molar-refractivity contribution in [1.82, 2.24) is 25.0 Å². The van der Waals surface area contributed by atoms with Crippen molar-refractivity contribution in [2.45, 2.75) is 51.6 Å². The molecular weight excluding hydrogens is 434 g/mol. The lowest BCUT2D eigenvalue weighted by Crippen LogP contribution is -2.48. The number of piperidine rings is 1. The molecule has 1 fully saturated rings. The van der Waals surface area contributed by atoms with Gasteiger partial charge in [0.1, 0.15) is 0 Å². The van der Waals surface area contributed by atoms with Crippen molar-refractivity contribution >= 4 is 16.8 Å². The van der Waals surface area contributed by atoms with Gasteiger partial charge in [0.2, 0.25) is 0 Å². The number of amides is 1. The molecule has 6 rings (SSSR count). The van der Waals surface area contributed by atoms with E-state index in [1.807, 2.05) is 12.1 Å². The molecule has 2 aromatic carbocycles. The van der Waals surface area contributed by atoms with E-state index in [-0.39, 0.29) is 5.91 Å². The highest BCUT2D eigenvalue weighted by molar-refractivity contribution is 6.00. The van der Waals surface area contributed by atoms with Gasteiger partial charge in [0.25, 0.3) is 5.91 Å². The van der Waals surface area contributed by atoms with Gasteiger partial charge in [-0.3, -0.25) is 14.8 Å². The number of likely N-dealkylation sites (tertiary alicyclic amines) is 1.